The van der Waals surface area contributed by atoms with Crippen molar-refractivity contribution < 1.29 is 47.2 Å². The van der Waals surface area contributed by atoms with Crippen molar-refractivity contribution in [3.8, 4) is 0 Å². The first kappa shape index (κ1) is 56.7. The minimum atomic E-state index is -4.53. The van der Waals surface area contributed by atoms with Gasteiger partial charge in [0.2, 0.25) is 0 Å². The number of hydrogen-bond acceptors (Lipinski definition) is 10. The number of esters is 2. The van der Waals surface area contributed by atoms with E-state index in [0.717, 1.165) is 92.3 Å². The number of ether oxygens (including phenoxy) is 2. The summed E-state index contributed by atoms with van der Waals surface area (Å²) in [4.78, 5) is 55.3. The lowest BCUT2D eigenvalue weighted by molar-refractivity contribution is -0.870. The molecule has 72 heavy (non-hydrogen) atoms. The summed E-state index contributed by atoms with van der Waals surface area (Å²) in [5, 5.41) is 13.4. The lowest BCUT2D eigenvalue weighted by atomic mass is 9.85. The Morgan fingerprint density at radius 3 is 2.18 bits per heavy atom. The van der Waals surface area contributed by atoms with E-state index < -0.39 is 32.5 Å². The van der Waals surface area contributed by atoms with E-state index in [1.807, 2.05) is 34.1 Å². The number of aromatic amines is 2. The molecule has 0 saturated heterocycles. The van der Waals surface area contributed by atoms with Crippen molar-refractivity contribution in [3.63, 3.8) is 0 Å². The van der Waals surface area contributed by atoms with Crippen molar-refractivity contribution in [1.29, 1.82) is 0 Å². The van der Waals surface area contributed by atoms with Crippen LogP contribution in [0.15, 0.2) is 30.5 Å². The fourth-order valence-corrected chi connectivity index (χ4v) is 11.2. The Hall–Kier alpha value is -4.59. The highest BCUT2D eigenvalue weighted by molar-refractivity contribution is 7.47. The third kappa shape index (κ3) is 15.0. The molecule has 0 saturated carbocycles. The molecule has 5 atom stereocenters. The van der Waals surface area contributed by atoms with Crippen LogP contribution in [0.3, 0.4) is 0 Å². The molecule has 8 bridgehead atoms. The number of nitrogens with one attached hydrogen (secondary N) is 2. The number of unbranched alkanes of at least 4 members (excludes halogenated alkanes) is 12. The largest absolute Gasteiger partial charge is 0.511 e. The van der Waals surface area contributed by atoms with E-state index in [1.165, 1.54) is 63.4 Å². The van der Waals surface area contributed by atoms with E-state index in [9.17, 15) is 24.2 Å². The van der Waals surface area contributed by atoms with Gasteiger partial charge in [-0.2, -0.15) is 0 Å². The number of aryl methyl sites for hydroxylation is 1. The van der Waals surface area contributed by atoms with E-state index in [4.69, 9.17) is 28.5 Å². The van der Waals surface area contributed by atoms with Crippen molar-refractivity contribution in [1.82, 2.24) is 19.9 Å². The number of aliphatic hydroxyl groups is 1. The SMILES string of the molecule is C=Cc1c(C)c2cc3nc(c4c5nc(cc6[nH]c(cc1[nH]2)=C(C)C6CC)=C(C)C5=C(O)C4)[C@@H](CCC(=O)O[C@H](COC(=O)CCCCCCCCCCCCCCC)COP(=O)(O)OCC[N+](C)(C)C)[C@@H]3C. The van der Waals surface area contributed by atoms with Gasteiger partial charge in [0.15, 0.2) is 6.10 Å². The molecule has 6 rings (SSSR count). The third-order valence-corrected chi connectivity index (χ3v) is 15.9. The number of fused-ring (bicyclic) bond motifs is 8. The molecule has 0 spiro atoms. The molecule has 4 aliphatic rings. The second kappa shape index (κ2) is 26.1. The summed E-state index contributed by atoms with van der Waals surface area (Å²) >= 11 is 0. The molecule has 0 radical (unpaired) electrons. The first-order valence-electron chi connectivity index (χ1n) is 26.9. The molecule has 2 aromatic heterocycles. The van der Waals surface area contributed by atoms with E-state index in [-0.39, 0.29) is 56.0 Å². The van der Waals surface area contributed by atoms with Crippen molar-refractivity contribution in [3.05, 3.63) is 80.7 Å². The number of H-pyrrole nitrogens is 2. The third-order valence-electron chi connectivity index (χ3n) is 14.9. The molecular weight excluding hydrogens is 930 g/mol. The second-order valence-corrected chi connectivity index (χ2v) is 22.9. The highest BCUT2D eigenvalue weighted by Gasteiger charge is 2.37. The summed E-state index contributed by atoms with van der Waals surface area (Å²) < 4.78 is 35.6. The quantitative estimate of drug-likeness (QED) is 0.0263. The molecule has 0 aromatic carbocycles. The number of phosphoric acid groups is 1. The zero-order valence-electron chi connectivity index (χ0n) is 44.9. The second-order valence-electron chi connectivity index (χ2n) is 21.5. The summed E-state index contributed by atoms with van der Waals surface area (Å²) in [5.41, 5.74) is 10.9. The van der Waals surface area contributed by atoms with Gasteiger partial charge in [-0.15, -0.1) is 0 Å². The smallest absolute Gasteiger partial charge is 0.472 e. The van der Waals surface area contributed by atoms with Gasteiger partial charge >= 0.3 is 19.8 Å². The molecule has 4 N–H and O–H groups in total. The minimum absolute atomic E-state index is 0.0302. The molecule has 0 fully saturated rings. The van der Waals surface area contributed by atoms with Gasteiger partial charge in [-0.3, -0.25) is 23.6 Å². The summed E-state index contributed by atoms with van der Waals surface area (Å²) in [5.74, 6) is -1.02. The van der Waals surface area contributed by atoms with Gasteiger partial charge in [-0.25, -0.2) is 9.55 Å². The molecule has 2 unspecified atom stereocenters. The molecule has 3 aliphatic heterocycles. The number of likely N-dealkylation sites (N-methyl/N-ethyl adjacent to an activating group) is 1. The number of rotatable bonds is 29. The summed E-state index contributed by atoms with van der Waals surface area (Å²) in [6, 6.07) is 6.32. The van der Waals surface area contributed by atoms with Crippen LogP contribution in [0.2, 0.25) is 0 Å². The normalized spacial score (nSPS) is 18.3. The van der Waals surface area contributed by atoms with Crippen molar-refractivity contribution >= 4 is 53.6 Å². The molecule has 15 heteroatoms. The molecule has 1 aliphatic carbocycles. The van der Waals surface area contributed by atoms with Gasteiger partial charge in [0.05, 0.1) is 44.5 Å². The van der Waals surface area contributed by atoms with Crippen molar-refractivity contribution in [2.45, 2.75) is 181 Å². The van der Waals surface area contributed by atoms with Crippen LogP contribution < -0.4 is 10.7 Å². The Labute approximate surface area is 428 Å². The first-order valence-corrected chi connectivity index (χ1v) is 28.4. The molecule has 5 heterocycles. The first-order chi connectivity index (χ1) is 34.3. The lowest BCUT2D eigenvalue weighted by Gasteiger charge is -2.24. The van der Waals surface area contributed by atoms with Crippen LogP contribution >= 0.6 is 7.82 Å². The Balaban J connectivity index is 1.18. The number of carbonyl (C=O) groups excluding carboxylic acids is 2. The highest BCUT2D eigenvalue weighted by atomic mass is 31.2. The number of hydrogen-bond donors (Lipinski definition) is 4. The fraction of sp³-hybridized carbons (Fsp3) is 0.614. The number of aliphatic hydroxyl groups excluding tert-OH is 1. The number of allylic oxidation sites excluding steroid dienone is 2. The van der Waals surface area contributed by atoms with Gasteiger partial charge in [-0.1, -0.05) is 110 Å². The summed E-state index contributed by atoms with van der Waals surface area (Å²) in [6.07, 6.45) is 17.9. The van der Waals surface area contributed by atoms with E-state index >= 15 is 0 Å². The fourth-order valence-electron chi connectivity index (χ4n) is 10.5. The Morgan fingerprint density at radius 2 is 1.54 bits per heavy atom. The average Bonchev–Trinajstić information content (AvgIpc) is 4.09. The topological polar surface area (TPSA) is 186 Å². The van der Waals surface area contributed by atoms with Gasteiger partial charge in [-0.05, 0) is 74.9 Å². The van der Waals surface area contributed by atoms with E-state index in [2.05, 4.69) is 69.4 Å². The average molecular weight is 1020 g/mol. The monoisotopic (exact) mass is 1010 g/mol. The number of nitrogens with zero attached hydrogens (tertiary/aromatic N) is 3. The number of quaternary nitrogens is 1. The zero-order chi connectivity index (χ0) is 52.2. The van der Waals surface area contributed by atoms with Crippen LogP contribution in [0.4, 0.5) is 0 Å². The van der Waals surface area contributed by atoms with Crippen LogP contribution in [-0.2, 0) is 39.1 Å². The van der Waals surface area contributed by atoms with Gasteiger partial charge < -0.3 is 33.9 Å². The lowest BCUT2D eigenvalue weighted by Crippen LogP contribution is -2.37. The van der Waals surface area contributed by atoms with Gasteiger partial charge in [0, 0.05) is 81.5 Å². The van der Waals surface area contributed by atoms with Crippen LogP contribution in [0.1, 0.15) is 201 Å². The van der Waals surface area contributed by atoms with Crippen LogP contribution in [0.25, 0.3) is 33.8 Å². The highest BCUT2D eigenvalue weighted by Crippen LogP contribution is 2.46. The maximum Gasteiger partial charge on any atom is 0.472 e. The standard InChI is InChI=1S/C57H84N5O9P/c1-11-14-15-16-17-18-19-20-21-22-23-24-25-26-53(64)68-35-41(36-70-72(66,67)69-30-29-62(8,9)10)71-54(65)28-27-44-39(6)48-32-46-37(4)42(12-2)50(58-46)33-47-38(5)43(13-3)51(59-47)34-49-40(7)55-52(63)31-45(56(44)60-48)57(55)61-49/h12,32-34,39,41,43-44,59H,2,11,13-31,35-36H2,1,3-10H3,(H2-,58,60,61,63,66,67)/p+1/t39-,41+,43?,44-/m0/s1. The van der Waals surface area contributed by atoms with Gasteiger partial charge in [0.1, 0.15) is 25.5 Å². The Kier molecular flexibility index (Phi) is 20.5. The Morgan fingerprint density at radius 1 is 0.875 bits per heavy atom. The Bertz CT molecular complexity index is 2680. The van der Waals surface area contributed by atoms with Crippen LogP contribution in [0, 0.1) is 6.92 Å². The molecule has 0 amide bonds. The summed E-state index contributed by atoms with van der Waals surface area (Å²) in [6.45, 7) is 16.5. The molecule has 396 valence electrons. The van der Waals surface area contributed by atoms with E-state index in [0.29, 0.717) is 29.6 Å². The number of aromatic nitrogens is 4. The number of carbonyl (C=O) groups is 2. The minimum Gasteiger partial charge on any atom is -0.511 e. The zero-order valence-corrected chi connectivity index (χ0v) is 45.8. The molecule has 2 aromatic rings. The van der Waals surface area contributed by atoms with Crippen LogP contribution in [0.5, 0.6) is 0 Å². The number of phosphoric ester groups is 1. The maximum absolute atomic E-state index is 13.9. The maximum atomic E-state index is 13.9. The van der Waals surface area contributed by atoms with E-state index in [1.54, 1.807) is 0 Å². The molecular formula is C57H85N5O9P+. The van der Waals surface area contributed by atoms with Crippen LogP contribution in [-0.4, -0.2) is 100.0 Å². The predicted octanol–water partition coefficient (Wildman–Crippen LogP) is 11.5. The van der Waals surface area contributed by atoms with Crippen molar-refractivity contribution in [2.24, 2.45) is 0 Å². The van der Waals surface area contributed by atoms with Gasteiger partial charge in [0.25, 0.3) is 0 Å². The summed E-state index contributed by atoms with van der Waals surface area (Å²) in [7, 11) is 1.27. The predicted molar refractivity (Wildman–Crippen MR) is 287 cm³/mol. The molecule has 14 nitrogen and oxygen atoms in total. The van der Waals surface area contributed by atoms with Crippen molar-refractivity contribution in [2.75, 3.05) is 47.5 Å².